The quantitative estimate of drug-likeness (QED) is 0.246. The zero-order valence-corrected chi connectivity index (χ0v) is 19.3. The summed E-state index contributed by atoms with van der Waals surface area (Å²) in [5.74, 6) is -0.694. The highest BCUT2D eigenvalue weighted by molar-refractivity contribution is 6.13. The first-order chi connectivity index (χ1) is 15.3. The van der Waals surface area contributed by atoms with Crippen molar-refractivity contribution in [3.05, 3.63) is 120 Å². The lowest BCUT2D eigenvalue weighted by molar-refractivity contribution is -0.156. The summed E-state index contributed by atoms with van der Waals surface area (Å²) in [7, 11) is 0. The molecule has 3 aromatic carbocycles. The van der Waals surface area contributed by atoms with Crippen LogP contribution in [-0.2, 0) is 9.53 Å². The minimum atomic E-state index is -0.773. The van der Waals surface area contributed by atoms with E-state index in [1.165, 1.54) is 0 Å². The Kier molecular flexibility index (Phi) is 7.42. The summed E-state index contributed by atoms with van der Waals surface area (Å²) in [6.07, 6.45) is 1.79. The molecule has 32 heavy (non-hydrogen) atoms. The van der Waals surface area contributed by atoms with Crippen LogP contribution in [0.1, 0.15) is 48.9 Å². The highest BCUT2D eigenvalue weighted by atomic mass is 16.6. The van der Waals surface area contributed by atoms with Crippen LogP contribution in [0.5, 0.6) is 0 Å². The van der Waals surface area contributed by atoms with E-state index >= 15 is 0 Å². The topological polar surface area (TPSA) is 38.7 Å². The van der Waals surface area contributed by atoms with Gasteiger partial charge in [0.2, 0.25) is 0 Å². The van der Waals surface area contributed by atoms with Crippen LogP contribution in [0.25, 0.3) is 0 Å². The van der Waals surface area contributed by atoms with Gasteiger partial charge in [0.15, 0.2) is 6.04 Å². The van der Waals surface area contributed by atoms with E-state index in [9.17, 15) is 4.79 Å². The predicted molar refractivity (Wildman–Crippen MR) is 132 cm³/mol. The molecule has 3 nitrogen and oxygen atoms in total. The summed E-state index contributed by atoms with van der Waals surface area (Å²) >= 11 is 0. The van der Waals surface area contributed by atoms with Crippen molar-refractivity contribution in [1.29, 1.82) is 0 Å². The number of rotatable bonds is 7. The van der Waals surface area contributed by atoms with Crippen LogP contribution in [0.4, 0.5) is 0 Å². The molecule has 0 spiro atoms. The summed E-state index contributed by atoms with van der Waals surface area (Å²) < 4.78 is 5.81. The second kappa shape index (κ2) is 10.2. The second-order valence-corrected chi connectivity index (χ2v) is 8.86. The third-order valence-corrected chi connectivity index (χ3v) is 5.07. The van der Waals surface area contributed by atoms with Gasteiger partial charge in [-0.25, -0.2) is 4.79 Å². The van der Waals surface area contributed by atoms with Crippen molar-refractivity contribution in [3.63, 3.8) is 0 Å². The Hall–Kier alpha value is -3.46. The van der Waals surface area contributed by atoms with Gasteiger partial charge < -0.3 is 4.74 Å². The number of aliphatic imine (C=N–C) groups is 1. The molecule has 0 aromatic heterocycles. The SMILES string of the molecule is C=C[C@@H](c1ccc(C)cc1)[C@@H](N=C(c1ccccc1)c1ccccc1)C(=O)OC(C)(C)C. The number of hydrogen-bond donors (Lipinski definition) is 0. The largest absolute Gasteiger partial charge is 0.458 e. The molecule has 0 saturated heterocycles. The summed E-state index contributed by atoms with van der Waals surface area (Å²) in [6.45, 7) is 11.7. The van der Waals surface area contributed by atoms with Gasteiger partial charge in [-0.15, -0.1) is 6.58 Å². The summed E-state index contributed by atoms with van der Waals surface area (Å²) in [4.78, 5) is 18.5. The molecule has 0 aliphatic heterocycles. The Morgan fingerprint density at radius 3 is 1.81 bits per heavy atom. The molecular formula is C29H31NO2. The first-order valence-electron chi connectivity index (χ1n) is 10.9. The van der Waals surface area contributed by atoms with Gasteiger partial charge in [-0.05, 0) is 33.3 Å². The maximum absolute atomic E-state index is 13.4. The van der Waals surface area contributed by atoms with Crippen LogP contribution in [0.2, 0.25) is 0 Å². The fourth-order valence-corrected chi connectivity index (χ4v) is 3.52. The van der Waals surface area contributed by atoms with E-state index in [0.29, 0.717) is 0 Å². The Bertz CT molecular complexity index is 1020. The van der Waals surface area contributed by atoms with Crippen molar-refractivity contribution in [2.45, 2.75) is 45.3 Å². The Labute approximate surface area is 191 Å². The molecule has 0 bridgehead atoms. The maximum Gasteiger partial charge on any atom is 0.332 e. The smallest absolute Gasteiger partial charge is 0.332 e. The first-order valence-corrected chi connectivity index (χ1v) is 10.9. The van der Waals surface area contributed by atoms with E-state index in [-0.39, 0.29) is 11.9 Å². The van der Waals surface area contributed by atoms with Crippen molar-refractivity contribution in [3.8, 4) is 0 Å². The van der Waals surface area contributed by atoms with Gasteiger partial charge in [0, 0.05) is 17.0 Å². The number of carbonyl (C=O) groups excluding carboxylic acids is 1. The van der Waals surface area contributed by atoms with Gasteiger partial charge >= 0.3 is 5.97 Å². The molecule has 3 rings (SSSR count). The van der Waals surface area contributed by atoms with Crippen LogP contribution in [0.15, 0.2) is 103 Å². The van der Waals surface area contributed by atoms with Crippen molar-refractivity contribution in [2.24, 2.45) is 4.99 Å². The first kappa shape index (κ1) is 23.2. The molecule has 0 N–H and O–H groups in total. The molecule has 3 heteroatoms. The van der Waals surface area contributed by atoms with E-state index in [2.05, 4.69) is 6.58 Å². The fraction of sp³-hybridized carbons (Fsp3) is 0.241. The molecule has 0 saturated carbocycles. The molecular weight excluding hydrogens is 394 g/mol. The molecule has 0 aliphatic rings. The Balaban J connectivity index is 2.17. The average Bonchev–Trinajstić information content (AvgIpc) is 2.77. The highest BCUT2D eigenvalue weighted by Crippen LogP contribution is 2.28. The fourth-order valence-electron chi connectivity index (χ4n) is 3.52. The van der Waals surface area contributed by atoms with Crippen LogP contribution >= 0.6 is 0 Å². The molecule has 2 atom stereocenters. The number of ether oxygens (including phenoxy) is 1. The van der Waals surface area contributed by atoms with Gasteiger partial charge in [-0.2, -0.15) is 0 Å². The minimum absolute atomic E-state index is 0.326. The molecule has 0 radical (unpaired) electrons. The third-order valence-electron chi connectivity index (χ3n) is 5.07. The maximum atomic E-state index is 13.4. The normalized spacial score (nSPS) is 13.0. The Morgan fingerprint density at radius 2 is 1.38 bits per heavy atom. The molecule has 0 heterocycles. The lowest BCUT2D eigenvalue weighted by atomic mass is 9.90. The summed E-state index contributed by atoms with van der Waals surface area (Å²) in [6, 6.07) is 27.2. The number of aryl methyl sites for hydroxylation is 1. The minimum Gasteiger partial charge on any atom is -0.458 e. The summed E-state index contributed by atoms with van der Waals surface area (Å²) in [5.41, 5.74) is 4.15. The van der Waals surface area contributed by atoms with Crippen LogP contribution < -0.4 is 0 Å². The monoisotopic (exact) mass is 425 g/mol. The van der Waals surface area contributed by atoms with E-state index in [1.807, 2.05) is 113 Å². The zero-order chi connectivity index (χ0) is 23.1. The molecule has 0 aliphatic carbocycles. The van der Waals surface area contributed by atoms with E-state index in [1.54, 1.807) is 6.08 Å². The van der Waals surface area contributed by atoms with E-state index < -0.39 is 11.6 Å². The molecule has 0 unspecified atom stereocenters. The van der Waals surface area contributed by atoms with Crippen molar-refractivity contribution in [2.75, 3.05) is 0 Å². The third kappa shape index (κ3) is 6.04. The number of benzene rings is 3. The molecule has 0 amide bonds. The van der Waals surface area contributed by atoms with Gasteiger partial charge in [0.05, 0.1) is 5.71 Å². The lowest BCUT2D eigenvalue weighted by Crippen LogP contribution is -2.35. The lowest BCUT2D eigenvalue weighted by Gasteiger charge is -2.27. The van der Waals surface area contributed by atoms with Crippen LogP contribution in [0.3, 0.4) is 0 Å². The second-order valence-electron chi connectivity index (χ2n) is 8.86. The highest BCUT2D eigenvalue weighted by Gasteiger charge is 2.32. The molecule has 3 aromatic rings. The number of esters is 1. The van der Waals surface area contributed by atoms with Gasteiger partial charge in [-0.3, -0.25) is 4.99 Å². The van der Waals surface area contributed by atoms with E-state index in [4.69, 9.17) is 9.73 Å². The number of carbonyl (C=O) groups is 1. The van der Waals surface area contributed by atoms with Crippen molar-refractivity contribution >= 4 is 11.7 Å². The number of hydrogen-bond acceptors (Lipinski definition) is 3. The van der Waals surface area contributed by atoms with Crippen molar-refractivity contribution in [1.82, 2.24) is 0 Å². The average molecular weight is 426 g/mol. The standard InChI is InChI=1S/C29H31NO2/c1-6-25(22-19-17-21(2)18-20-22)27(28(31)32-29(3,4)5)30-26(23-13-9-7-10-14-23)24-15-11-8-12-16-24/h6-20,25,27H,1H2,2-5H3/t25-,27+/m0/s1. The molecule has 0 fully saturated rings. The zero-order valence-electron chi connectivity index (χ0n) is 19.3. The van der Waals surface area contributed by atoms with Crippen LogP contribution in [0, 0.1) is 6.92 Å². The molecule has 164 valence electrons. The van der Waals surface area contributed by atoms with Crippen LogP contribution in [-0.4, -0.2) is 23.3 Å². The van der Waals surface area contributed by atoms with Crippen molar-refractivity contribution < 1.29 is 9.53 Å². The predicted octanol–water partition coefficient (Wildman–Crippen LogP) is 6.51. The summed E-state index contributed by atoms with van der Waals surface area (Å²) in [5, 5.41) is 0. The van der Waals surface area contributed by atoms with Gasteiger partial charge in [0.25, 0.3) is 0 Å². The van der Waals surface area contributed by atoms with Gasteiger partial charge in [0.1, 0.15) is 5.60 Å². The van der Waals surface area contributed by atoms with Gasteiger partial charge in [-0.1, -0.05) is 96.6 Å². The number of nitrogens with zero attached hydrogens (tertiary/aromatic N) is 1. The Morgan fingerprint density at radius 1 is 0.875 bits per heavy atom. The van der Waals surface area contributed by atoms with E-state index in [0.717, 1.165) is 28.0 Å².